The maximum Gasteiger partial charge on any atom is 0.267 e. The average molecular weight is 339 g/mol. The van der Waals surface area contributed by atoms with Gasteiger partial charge in [-0.1, -0.05) is 12.1 Å². The second-order valence-corrected chi connectivity index (χ2v) is 7.17. The van der Waals surface area contributed by atoms with E-state index in [2.05, 4.69) is 10.3 Å². The molecule has 4 nitrogen and oxygen atoms in total. The number of fused-ring (bicyclic) bond motifs is 1. The van der Waals surface area contributed by atoms with Crippen LogP contribution in [0.3, 0.4) is 0 Å². The van der Waals surface area contributed by atoms with Gasteiger partial charge < -0.3 is 11.1 Å². The Kier molecular flexibility index (Phi) is 4.05. The van der Waals surface area contributed by atoms with Crippen molar-refractivity contribution in [2.45, 2.75) is 34.6 Å². The lowest BCUT2D eigenvalue weighted by molar-refractivity contribution is 0.103. The van der Waals surface area contributed by atoms with E-state index in [4.69, 9.17) is 5.73 Å². The van der Waals surface area contributed by atoms with Crippen LogP contribution >= 0.6 is 11.3 Å². The van der Waals surface area contributed by atoms with Gasteiger partial charge in [-0.3, -0.25) is 4.79 Å². The van der Waals surface area contributed by atoms with Crippen LogP contribution in [-0.4, -0.2) is 10.9 Å². The summed E-state index contributed by atoms with van der Waals surface area (Å²) in [4.78, 5) is 18.7. The van der Waals surface area contributed by atoms with Crippen molar-refractivity contribution in [3.05, 3.63) is 51.0 Å². The third-order valence-electron chi connectivity index (χ3n) is 4.74. The number of aryl methyl sites for hydroxylation is 3. The third kappa shape index (κ3) is 2.55. The number of carbonyl (C=O) groups excluding carboxylic acids is 1. The molecule has 24 heavy (non-hydrogen) atoms. The van der Waals surface area contributed by atoms with Crippen molar-refractivity contribution in [1.82, 2.24) is 4.98 Å². The first kappa shape index (κ1) is 16.5. The van der Waals surface area contributed by atoms with Gasteiger partial charge in [-0.2, -0.15) is 0 Å². The highest BCUT2D eigenvalue weighted by atomic mass is 32.1. The quantitative estimate of drug-likeness (QED) is 0.713. The Morgan fingerprint density at radius 1 is 1.08 bits per heavy atom. The van der Waals surface area contributed by atoms with E-state index in [9.17, 15) is 4.79 Å². The van der Waals surface area contributed by atoms with Gasteiger partial charge in [0, 0.05) is 16.8 Å². The number of thiophene rings is 1. The van der Waals surface area contributed by atoms with Gasteiger partial charge >= 0.3 is 0 Å². The van der Waals surface area contributed by atoms with Crippen LogP contribution in [-0.2, 0) is 0 Å². The molecule has 0 bridgehead atoms. The molecule has 2 aromatic heterocycles. The monoisotopic (exact) mass is 339 g/mol. The first-order valence-corrected chi connectivity index (χ1v) is 8.66. The zero-order valence-electron chi connectivity index (χ0n) is 14.6. The van der Waals surface area contributed by atoms with E-state index in [1.165, 1.54) is 11.3 Å². The Balaban J connectivity index is 2.06. The third-order valence-corrected chi connectivity index (χ3v) is 5.83. The van der Waals surface area contributed by atoms with Crippen molar-refractivity contribution < 1.29 is 4.79 Å². The second kappa shape index (κ2) is 5.91. The van der Waals surface area contributed by atoms with Crippen LogP contribution in [0.25, 0.3) is 10.2 Å². The van der Waals surface area contributed by atoms with Crippen LogP contribution < -0.4 is 11.1 Å². The molecule has 5 heteroatoms. The van der Waals surface area contributed by atoms with Gasteiger partial charge in [0.25, 0.3) is 5.91 Å². The Hall–Kier alpha value is -2.40. The SMILES string of the molecule is Cc1cccc(NC(=O)c2sc3nc(C)c(C)c(C)c3c2N)c1C. The summed E-state index contributed by atoms with van der Waals surface area (Å²) in [6.45, 7) is 10.1. The largest absolute Gasteiger partial charge is 0.397 e. The molecule has 0 unspecified atom stereocenters. The summed E-state index contributed by atoms with van der Waals surface area (Å²) >= 11 is 1.35. The number of anilines is 2. The summed E-state index contributed by atoms with van der Waals surface area (Å²) in [5.41, 5.74) is 13.0. The lowest BCUT2D eigenvalue weighted by Gasteiger charge is -2.10. The molecule has 3 rings (SSSR count). The molecule has 0 radical (unpaired) electrons. The number of carbonyl (C=O) groups is 1. The molecule has 2 heterocycles. The number of nitrogens with zero attached hydrogens (tertiary/aromatic N) is 1. The Labute approximate surface area is 145 Å². The lowest BCUT2D eigenvalue weighted by atomic mass is 10.1. The molecular weight excluding hydrogens is 318 g/mol. The number of hydrogen-bond acceptors (Lipinski definition) is 4. The smallest absolute Gasteiger partial charge is 0.267 e. The van der Waals surface area contributed by atoms with Crippen LogP contribution in [0.2, 0.25) is 0 Å². The number of rotatable bonds is 2. The van der Waals surface area contributed by atoms with Gasteiger partial charge in [0.1, 0.15) is 9.71 Å². The van der Waals surface area contributed by atoms with Gasteiger partial charge in [-0.25, -0.2) is 4.98 Å². The summed E-state index contributed by atoms with van der Waals surface area (Å²) < 4.78 is 0. The number of pyridine rings is 1. The molecule has 0 fully saturated rings. The standard InChI is InChI=1S/C19H21N3OS/c1-9-7-6-8-14(10(9)2)22-18(23)17-16(20)15-12(4)11(3)13(5)21-19(15)24-17/h6-8H,20H2,1-5H3,(H,22,23). The number of nitrogens with one attached hydrogen (secondary N) is 1. The highest BCUT2D eigenvalue weighted by Crippen LogP contribution is 2.37. The highest BCUT2D eigenvalue weighted by Gasteiger charge is 2.20. The molecule has 0 aliphatic carbocycles. The molecular formula is C19H21N3OS. The Bertz CT molecular complexity index is 973. The predicted octanol–water partition coefficient (Wildman–Crippen LogP) is 4.67. The van der Waals surface area contributed by atoms with Crippen LogP contribution in [0.1, 0.15) is 37.6 Å². The normalized spacial score (nSPS) is 11.0. The van der Waals surface area contributed by atoms with Crippen molar-refractivity contribution >= 4 is 38.8 Å². The van der Waals surface area contributed by atoms with Crippen molar-refractivity contribution in [2.24, 2.45) is 0 Å². The highest BCUT2D eigenvalue weighted by molar-refractivity contribution is 7.21. The van der Waals surface area contributed by atoms with E-state index in [-0.39, 0.29) is 5.91 Å². The average Bonchev–Trinajstić information content (AvgIpc) is 2.86. The molecule has 3 aromatic rings. The summed E-state index contributed by atoms with van der Waals surface area (Å²) in [6, 6.07) is 5.86. The zero-order valence-corrected chi connectivity index (χ0v) is 15.4. The molecule has 0 saturated heterocycles. The molecule has 1 amide bonds. The summed E-state index contributed by atoms with van der Waals surface area (Å²) in [5, 5.41) is 3.88. The Morgan fingerprint density at radius 2 is 1.79 bits per heavy atom. The van der Waals surface area contributed by atoms with E-state index in [1.54, 1.807) is 0 Å². The minimum absolute atomic E-state index is 0.182. The minimum atomic E-state index is -0.182. The topological polar surface area (TPSA) is 68.0 Å². The summed E-state index contributed by atoms with van der Waals surface area (Å²) in [7, 11) is 0. The molecule has 0 atom stereocenters. The maximum atomic E-state index is 12.7. The maximum absolute atomic E-state index is 12.7. The zero-order chi connectivity index (χ0) is 17.6. The molecule has 0 aliphatic heterocycles. The number of nitrogens with two attached hydrogens (primary N) is 1. The van der Waals surface area contributed by atoms with E-state index >= 15 is 0 Å². The van der Waals surface area contributed by atoms with Crippen LogP contribution in [0.4, 0.5) is 11.4 Å². The van der Waals surface area contributed by atoms with Crippen molar-refractivity contribution in [1.29, 1.82) is 0 Å². The van der Waals surface area contributed by atoms with E-state index in [1.807, 2.05) is 52.8 Å². The number of nitrogen functional groups attached to an aromatic ring is 1. The first-order valence-electron chi connectivity index (χ1n) is 7.84. The fourth-order valence-corrected chi connectivity index (χ4v) is 3.90. The number of amides is 1. The van der Waals surface area contributed by atoms with Crippen molar-refractivity contribution in [3.63, 3.8) is 0 Å². The second-order valence-electron chi connectivity index (χ2n) is 6.17. The molecule has 0 aliphatic rings. The van der Waals surface area contributed by atoms with Crippen molar-refractivity contribution in [2.75, 3.05) is 11.1 Å². The fourth-order valence-electron chi connectivity index (χ4n) is 2.80. The Morgan fingerprint density at radius 3 is 2.50 bits per heavy atom. The van der Waals surface area contributed by atoms with E-state index in [0.717, 1.165) is 43.9 Å². The number of benzene rings is 1. The molecule has 3 N–H and O–H groups in total. The van der Waals surface area contributed by atoms with Gasteiger partial charge in [0.2, 0.25) is 0 Å². The lowest BCUT2D eigenvalue weighted by Crippen LogP contribution is -2.13. The fraction of sp³-hybridized carbons (Fsp3) is 0.263. The van der Waals surface area contributed by atoms with E-state index in [0.29, 0.717) is 10.6 Å². The first-order chi connectivity index (χ1) is 11.3. The molecule has 0 spiro atoms. The molecule has 0 saturated carbocycles. The number of hydrogen-bond donors (Lipinski definition) is 2. The van der Waals surface area contributed by atoms with Gasteiger partial charge in [0.15, 0.2) is 0 Å². The van der Waals surface area contributed by atoms with Gasteiger partial charge in [-0.15, -0.1) is 11.3 Å². The summed E-state index contributed by atoms with van der Waals surface area (Å²) in [6.07, 6.45) is 0. The van der Waals surface area contributed by atoms with Crippen LogP contribution in [0, 0.1) is 34.6 Å². The van der Waals surface area contributed by atoms with Gasteiger partial charge in [0.05, 0.1) is 5.69 Å². The van der Waals surface area contributed by atoms with Gasteiger partial charge in [-0.05, 0) is 62.9 Å². The molecule has 124 valence electrons. The molecule has 1 aromatic carbocycles. The van der Waals surface area contributed by atoms with Crippen LogP contribution in [0.15, 0.2) is 18.2 Å². The predicted molar refractivity (Wildman–Crippen MR) is 102 cm³/mol. The van der Waals surface area contributed by atoms with Crippen molar-refractivity contribution in [3.8, 4) is 0 Å². The minimum Gasteiger partial charge on any atom is -0.397 e. The number of aromatic nitrogens is 1. The summed E-state index contributed by atoms with van der Waals surface area (Å²) in [5.74, 6) is -0.182. The van der Waals surface area contributed by atoms with Crippen LogP contribution in [0.5, 0.6) is 0 Å². The van der Waals surface area contributed by atoms with E-state index < -0.39 is 0 Å².